The highest BCUT2D eigenvalue weighted by atomic mass is 14.7. The molecule has 0 bridgehead atoms. The van der Waals surface area contributed by atoms with Crippen LogP contribution in [-0.4, -0.2) is 9.97 Å². The SMILES string of the molecule is CC(C)Cc1ccccn1.Cc1cccc(CC(C)C)n1. The molecule has 2 nitrogen and oxygen atoms in total. The maximum atomic E-state index is 4.41. The Bertz CT molecular complexity index is 504. The minimum Gasteiger partial charge on any atom is -0.261 e. The fraction of sp³-hybridized carbons (Fsp3) is 0.474. The Morgan fingerprint density at radius 3 is 1.95 bits per heavy atom. The normalized spacial score (nSPS) is 10.4. The van der Waals surface area contributed by atoms with Crippen molar-refractivity contribution in [1.82, 2.24) is 9.97 Å². The summed E-state index contributed by atoms with van der Waals surface area (Å²) in [5.74, 6) is 1.40. The zero-order chi connectivity index (χ0) is 15.7. The standard InChI is InChI=1S/C10H15N.C9H13N/c1-8(2)7-10-6-4-5-9(3)11-10;1-8(2)7-9-5-3-4-6-10-9/h4-6,8H,7H2,1-3H3;3-6,8H,7H2,1-2H3. The Balaban J connectivity index is 0.000000211. The topological polar surface area (TPSA) is 25.8 Å². The van der Waals surface area contributed by atoms with E-state index >= 15 is 0 Å². The zero-order valence-electron chi connectivity index (χ0n) is 14.0. The molecule has 0 amide bonds. The lowest BCUT2D eigenvalue weighted by atomic mass is 10.1. The summed E-state index contributed by atoms with van der Waals surface area (Å²) in [6.45, 7) is 10.9. The Morgan fingerprint density at radius 1 is 0.810 bits per heavy atom. The number of aromatic nitrogens is 2. The monoisotopic (exact) mass is 284 g/mol. The molecule has 0 saturated carbocycles. The Labute approximate surface area is 129 Å². The molecule has 0 aliphatic carbocycles. The van der Waals surface area contributed by atoms with Gasteiger partial charge in [-0.3, -0.25) is 9.97 Å². The van der Waals surface area contributed by atoms with Crippen molar-refractivity contribution >= 4 is 0 Å². The molecule has 2 rings (SSSR count). The number of nitrogens with zero attached hydrogens (tertiary/aromatic N) is 2. The van der Waals surface area contributed by atoms with Crippen LogP contribution in [0, 0.1) is 18.8 Å². The van der Waals surface area contributed by atoms with E-state index in [0.29, 0.717) is 11.8 Å². The van der Waals surface area contributed by atoms with Crippen LogP contribution in [0.1, 0.15) is 44.8 Å². The first-order valence-corrected chi connectivity index (χ1v) is 7.79. The van der Waals surface area contributed by atoms with Crippen molar-refractivity contribution in [1.29, 1.82) is 0 Å². The fourth-order valence-electron chi connectivity index (χ4n) is 2.07. The van der Waals surface area contributed by atoms with Gasteiger partial charge in [0.1, 0.15) is 0 Å². The number of hydrogen-bond acceptors (Lipinski definition) is 2. The highest BCUT2D eigenvalue weighted by Crippen LogP contribution is 2.05. The van der Waals surface area contributed by atoms with Gasteiger partial charge >= 0.3 is 0 Å². The molecule has 2 heterocycles. The lowest BCUT2D eigenvalue weighted by molar-refractivity contribution is 0.634. The van der Waals surface area contributed by atoms with Crippen LogP contribution in [0.3, 0.4) is 0 Å². The van der Waals surface area contributed by atoms with E-state index in [9.17, 15) is 0 Å². The smallest absolute Gasteiger partial charge is 0.0409 e. The molecule has 114 valence electrons. The second-order valence-corrected chi connectivity index (χ2v) is 6.29. The van der Waals surface area contributed by atoms with Gasteiger partial charge in [0, 0.05) is 23.3 Å². The summed E-state index contributed by atoms with van der Waals surface area (Å²) >= 11 is 0. The van der Waals surface area contributed by atoms with Crippen LogP contribution in [0.5, 0.6) is 0 Å². The Morgan fingerprint density at radius 2 is 1.43 bits per heavy atom. The maximum Gasteiger partial charge on any atom is 0.0409 e. The van der Waals surface area contributed by atoms with Gasteiger partial charge < -0.3 is 0 Å². The van der Waals surface area contributed by atoms with Crippen LogP contribution >= 0.6 is 0 Å². The third-order valence-electron chi connectivity index (χ3n) is 2.91. The molecular weight excluding hydrogens is 256 g/mol. The summed E-state index contributed by atoms with van der Waals surface area (Å²) < 4.78 is 0. The van der Waals surface area contributed by atoms with E-state index in [-0.39, 0.29) is 0 Å². The lowest BCUT2D eigenvalue weighted by Gasteiger charge is -2.03. The lowest BCUT2D eigenvalue weighted by Crippen LogP contribution is -1.97. The van der Waals surface area contributed by atoms with Gasteiger partial charge in [-0.25, -0.2) is 0 Å². The Hall–Kier alpha value is -1.70. The fourth-order valence-corrected chi connectivity index (χ4v) is 2.07. The van der Waals surface area contributed by atoms with E-state index in [1.807, 2.05) is 31.3 Å². The minimum atomic E-state index is 0.698. The number of hydrogen-bond donors (Lipinski definition) is 0. The van der Waals surface area contributed by atoms with Crippen LogP contribution in [0.4, 0.5) is 0 Å². The zero-order valence-corrected chi connectivity index (χ0v) is 14.0. The van der Waals surface area contributed by atoms with Gasteiger partial charge in [0.25, 0.3) is 0 Å². The van der Waals surface area contributed by atoms with Crippen LogP contribution in [-0.2, 0) is 12.8 Å². The summed E-state index contributed by atoms with van der Waals surface area (Å²) in [4.78, 5) is 8.63. The van der Waals surface area contributed by atoms with E-state index < -0.39 is 0 Å². The van der Waals surface area contributed by atoms with Gasteiger partial charge in [0.15, 0.2) is 0 Å². The molecule has 0 radical (unpaired) electrons. The highest BCUT2D eigenvalue weighted by Gasteiger charge is 1.97. The molecule has 0 N–H and O–H groups in total. The van der Waals surface area contributed by atoms with Crippen LogP contribution in [0.15, 0.2) is 42.6 Å². The number of aryl methyl sites for hydroxylation is 1. The second kappa shape index (κ2) is 9.28. The first-order chi connectivity index (χ1) is 9.97. The van der Waals surface area contributed by atoms with Crippen molar-refractivity contribution in [3.8, 4) is 0 Å². The van der Waals surface area contributed by atoms with Crippen molar-refractivity contribution in [2.75, 3.05) is 0 Å². The van der Waals surface area contributed by atoms with E-state index in [0.717, 1.165) is 18.5 Å². The molecule has 0 saturated heterocycles. The number of pyridine rings is 2. The van der Waals surface area contributed by atoms with Gasteiger partial charge in [-0.1, -0.05) is 39.8 Å². The molecule has 0 unspecified atom stereocenters. The third-order valence-corrected chi connectivity index (χ3v) is 2.91. The van der Waals surface area contributed by atoms with Gasteiger partial charge in [-0.05, 0) is 55.9 Å². The minimum absolute atomic E-state index is 0.698. The third kappa shape index (κ3) is 8.23. The summed E-state index contributed by atoms with van der Waals surface area (Å²) in [6.07, 6.45) is 4.01. The summed E-state index contributed by atoms with van der Waals surface area (Å²) in [7, 11) is 0. The molecule has 2 aromatic rings. The van der Waals surface area contributed by atoms with Crippen molar-refractivity contribution in [3.63, 3.8) is 0 Å². The molecule has 0 aromatic carbocycles. The summed E-state index contributed by atoms with van der Waals surface area (Å²) in [5, 5.41) is 0. The Kier molecular flexibility index (Phi) is 7.66. The van der Waals surface area contributed by atoms with Crippen LogP contribution in [0.2, 0.25) is 0 Å². The van der Waals surface area contributed by atoms with Gasteiger partial charge in [-0.2, -0.15) is 0 Å². The van der Waals surface area contributed by atoms with E-state index in [1.54, 1.807) is 0 Å². The van der Waals surface area contributed by atoms with Crippen molar-refractivity contribution in [2.45, 2.75) is 47.5 Å². The maximum absolute atomic E-state index is 4.41. The summed E-state index contributed by atoms with van der Waals surface area (Å²) in [6, 6.07) is 12.2. The van der Waals surface area contributed by atoms with Crippen LogP contribution < -0.4 is 0 Å². The van der Waals surface area contributed by atoms with Gasteiger partial charge in [-0.15, -0.1) is 0 Å². The van der Waals surface area contributed by atoms with E-state index in [4.69, 9.17) is 0 Å². The van der Waals surface area contributed by atoms with E-state index in [2.05, 4.69) is 55.9 Å². The predicted octanol–water partition coefficient (Wildman–Crippen LogP) is 4.87. The van der Waals surface area contributed by atoms with Gasteiger partial charge in [0.2, 0.25) is 0 Å². The second-order valence-electron chi connectivity index (χ2n) is 6.29. The quantitative estimate of drug-likeness (QED) is 0.800. The molecule has 21 heavy (non-hydrogen) atoms. The first kappa shape index (κ1) is 17.4. The first-order valence-electron chi connectivity index (χ1n) is 7.79. The van der Waals surface area contributed by atoms with Gasteiger partial charge in [0.05, 0.1) is 0 Å². The molecule has 0 spiro atoms. The summed E-state index contributed by atoms with van der Waals surface area (Å²) in [5.41, 5.74) is 3.51. The molecule has 2 heteroatoms. The predicted molar refractivity (Wildman–Crippen MR) is 90.3 cm³/mol. The number of rotatable bonds is 4. The average molecular weight is 284 g/mol. The van der Waals surface area contributed by atoms with Crippen molar-refractivity contribution in [2.24, 2.45) is 11.8 Å². The molecule has 0 atom stereocenters. The molecule has 2 aromatic heterocycles. The molecule has 0 aliphatic rings. The highest BCUT2D eigenvalue weighted by molar-refractivity contribution is 5.10. The van der Waals surface area contributed by atoms with Crippen LogP contribution in [0.25, 0.3) is 0 Å². The molecular formula is C19H28N2. The van der Waals surface area contributed by atoms with Crippen molar-refractivity contribution < 1.29 is 0 Å². The largest absolute Gasteiger partial charge is 0.261 e. The van der Waals surface area contributed by atoms with Crippen molar-refractivity contribution in [3.05, 3.63) is 59.7 Å². The average Bonchev–Trinajstić information content (AvgIpc) is 2.39. The van der Waals surface area contributed by atoms with E-state index in [1.165, 1.54) is 11.4 Å². The molecule has 0 fully saturated rings. The molecule has 0 aliphatic heterocycles.